The van der Waals surface area contributed by atoms with Crippen LogP contribution >= 0.6 is 0 Å². The second kappa shape index (κ2) is 8.76. The Labute approximate surface area is 241 Å². The molecular formula is C35H26N2. The average molecular weight is 493 g/mol. The molecule has 0 atom stereocenters. The Morgan fingerprint density at radius 1 is 0.703 bits per heavy atom. The Bertz CT molecular complexity index is 2710. The van der Waals surface area contributed by atoms with Gasteiger partial charge in [-0.3, -0.25) is 4.57 Å². The molecule has 176 valence electrons. The first-order valence-corrected chi connectivity index (χ1v) is 11.3. The van der Waals surface area contributed by atoms with Gasteiger partial charge in [-0.25, -0.2) is 4.98 Å². The van der Waals surface area contributed by atoms with Gasteiger partial charge in [-0.1, -0.05) is 116 Å². The Hall–Kier alpha value is -4.69. The lowest BCUT2D eigenvalue weighted by molar-refractivity contribution is 0.909. The second-order valence-electron chi connectivity index (χ2n) is 8.15. The normalized spacial score (nSPS) is 19.1. The summed E-state index contributed by atoms with van der Waals surface area (Å²) in [7, 11) is 0. The maximum Gasteiger partial charge on any atom is 0.114 e. The molecule has 2 nitrogen and oxygen atoms in total. The number of aryl methyl sites for hydroxylation is 1. The van der Waals surface area contributed by atoms with Crippen LogP contribution in [0.5, 0.6) is 0 Å². The highest BCUT2D eigenvalue weighted by Gasteiger charge is 2.20. The lowest BCUT2D eigenvalue weighted by atomic mass is 9.85. The van der Waals surface area contributed by atoms with Crippen LogP contribution in [0.2, 0.25) is 0 Å². The molecule has 0 aliphatic heterocycles. The molecule has 6 aromatic carbocycles. The van der Waals surface area contributed by atoms with E-state index < -0.39 is 120 Å². The lowest BCUT2D eigenvalue weighted by Gasteiger charge is -2.20. The van der Waals surface area contributed by atoms with Crippen molar-refractivity contribution in [1.29, 1.82) is 0 Å². The molecular weight excluding hydrogens is 448 g/mol. The summed E-state index contributed by atoms with van der Waals surface area (Å²) < 4.78 is 157. The van der Waals surface area contributed by atoms with Crippen LogP contribution in [0, 0.1) is 0 Å². The summed E-state index contributed by atoms with van der Waals surface area (Å²) in [5, 5.41) is -1.52. The van der Waals surface area contributed by atoms with E-state index in [1.54, 1.807) is 30.3 Å². The van der Waals surface area contributed by atoms with E-state index in [1.165, 1.54) is 22.8 Å². The van der Waals surface area contributed by atoms with Crippen molar-refractivity contribution in [3.63, 3.8) is 0 Å². The predicted molar refractivity (Wildman–Crippen MR) is 156 cm³/mol. The number of nitrogens with zero attached hydrogens (tertiary/aromatic N) is 2. The largest absolute Gasteiger partial charge is 0.296 e. The van der Waals surface area contributed by atoms with E-state index in [9.17, 15) is 5.48 Å². The van der Waals surface area contributed by atoms with Crippen molar-refractivity contribution in [3.05, 3.63) is 133 Å². The van der Waals surface area contributed by atoms with Crippen LogP contribution in [0.1, 0.15) is 37.3 Å². The molecule has 0 saturated heterocycles. The summed E-state index contributed by atoms with van der Waals surface area (Å²) in [6.07, 6.45) is -3.07. The molecule has 1 aromatic heterocycles. The van der Waals surface area contributed by atoms with E-state index >= 15 is 0 Å². The molecule has 7 aromatic rings. The summed E-state index contributed by atoms with van der Waals surface area (Å²) in [6.45, 7) is -3.23. The highest BCUT2D eigenvalue weighted by molar-refractivity contribution is 6.22. The number of aromatic nitrogens is 2. The van der Waals surface area contributed by atoms with Crippen molar-refractivity contribution in [3.8, 4) is 27.9 Å². The number of imidazole rings is 1. The Morgan fingerprint density at radius 2 is 1.30 bits per heavy atom. The number of fused-ring (bicyclic) bond motifs is 3. The van der Waals surface area contributed by atoms with Crippen molar-refractivity contribution in [2.75, 3.05) is 0 Å². The fraction of sp³-hybridized carbons (Fsp3) is 0.0571. The highest BCUT2D eigenvalue weighted by atomic mass is 15.1. The van der Waals surface area contributed by atoms with Gasteiger partial charge in [0.2, 0.25) is 0 Å². The molecule has 0 unspecified atom stereocenters. The van der Waals surface area contributed by atoms with Crippen molar-refractivity contribution < 1.29 is 24.7 Å². The van der Waals surface area contributed by atoms with Gasteiger partial charge in [0.25, 0.3) is 0 Å². The molecule has 0 radical (unpaired) electrons. The maximum atomic E-state index is 9.26. The Morgan fingerprint density at radius 3 is 2.00 bits per heavy atom. The molecule has 0 aliphatic rings. The zero-order chi connectivity index (χ0) is 40.4. The summed E-state index contributed by atoms with van der Waals surface area (Å²) in [4.78, 5) is 4.39. The SMILES string of the molecule is [2H]c1c([2H])c([2H])c(-c2c3c([2H])c([2H])c([2H])c([2H])c3c(-c3ccccc3-n3c(C([2H])([2H])C([2H])([2H])[2H])nc4ccccc43)c3c([2H])c([2H])c([2H])c([2H])c23)c([2H])c1[2H]. The van der Waals surface area contributed by atoms with Gasteiger partial charge >= 0.3 is 0 Å². The first kappa shape index (κ1) is 9.99. The molecule has 0 bridgehead atoms. The van der Waals surface area contributed by atoms with Crippen LogP contribution in [-0.4, -0.2) is 9.55 Å². The molecule has 2 heteroatoms. The van der Waals surface area contributed by atoms with Crippen LogP contribution in [0.25, 0.3) is 60.5 Å². The summed E-state index contributed by atoms with van der Waals surface area (Å²) in [6, 6.07) is 2.47. The van der Waals surface area contributed by atoms with Crippen molar-refractivity contribution >= 4 is 32.6 Å². The minimum absolute atomic E-state index is 0.00548. The fourth-order valence-corrected chi connectivity index (χ4v) is 4.75. The van der Waals surface area contributed by atoms with Gasteiger partial charge in [-0.2, -0.15) is 0 Å². The molecule has 0 N–H and O–H groups in total. The van der Waals surface area contributed by atoms with Gasteiger partial charge in [0.15, 0.2) is 0 Å². The van der Waals surface area contributed by atoms with E-state index in [0.29, 0.717) is 0 Å². The van der Waals surface area contributed by atoms with Gasteiger partial charge in [-0.15, -0.1) is 0 Å². The standard InChI is InChI=1S/C35H26N2/c1-2-33-36-30-21-11-13-23-32(30)37(33)31-22-12-10-20-29(31)35-27-18-8-6-16-25(27)34(24-14-4-3-5-15-24)26-17-7-9-19-28(26)35/h3-23H,2H2,1H3/i1D3,2D2,3D,4D,5D,6D,7D,8D,9D,14D,15D,16D,17D,18D,19D. The van der Waals surface area contributed by atoms with Gasteiger partial charge < -0.3 is 0 Å². The van der Waals surface area contributed by atoms with Crippen LogP contribution in [0.4, 0.5) is 0 Å². The Kier molecular flexibility index (Phi) is 2.36. The van der Waals surface area contributed by atoms with Gasteiger partial charge in [0, 0.05) is 18.8 Å². The van der Waals surface area contributed by atoms with Gasteiger partial charge in [0.05, 0.1) is 34.5 Å². The minimum Gasteiger partial charge on any atom is -0.296 e. The van der Waals surface area contributed by atoms with Crippen molar-refractivity contribution in [1.82, 2.24) is 9.55 Å². The topological polar surface area (TPSA) is 17.8 Å². The van der Waals surface area contributed by atoms with E-state index in [-0.39, 0.29) is 38.6 Å². The third-order valence-corrected chi connectivity index (χ3v) is 6.21. The third kappa shape index (κ3) is 3.37. The maximum absolute atomic E-state index is 9.26. The highest BCUT2D eigenvalue weighted by Crippen LogP contribution is 2.45. The summed E-state index contributed by atoms with van der Waals surface area (Å²) in [5.41, 5.74) is -0.738. The number of benzene rings is 6. The molecule has 0 aliphatic carbocycles. The second-order valence-corrected chi connectivity index (χ2v) is 8.15. The van der Waals surface area contributed by atoms with Gasteiger partial charge in [0.1, 0.15) is 5.82 Å². The third-order valence-electron chi connectivity index (χ3n) is 6.21. The zero-order valence-corrected chi connectivity index (χ0v) is 19.0. The first-order chi connectivity index (χ1) is 25.7. The van der Waals surface area contributed by atoms with Crippen molar-refractivity contribution in [2.45, 2.75) is 13.2 Å². The number of hydrogen-bond donors (Lipinski definition) is 0. The molecule has 0 saturated carbocycles. The van der Waals surface area contributed by atoms with Crippen LogP contribution < -0.4 is 0 Å². The average Bonchev–Trinajstić information content (AvgIpc) is 3.55. The minimum atomic E-state index is -3.23. The lowest BCUT2D eigenvalue weighted by Crippen LogP contribution is -2.03. The van der Waals surface area contributed by atoms with Crippen LogP contribution in [0.3, 0.4) is 0 Å². The molecule has 37 heavy (non-hydrogen) atoms. The van der Waals surface area contributed by atoms with E-state index in [1.807, 2.05) is 0 Å². The molecule has 0 fully saturated rings. The fourth-order valence-electron chi connectivity index (χ4n) is 4.75. The Balaban J connectivity index is 1.83. The smallest absolute Gasteiger partial charge is 0.114 e. The number of rotatable bonds is 4. The molecule has 0 amide bonds. The zero-order valence-electron chi connectivity index (χ0n) is 37.0. The summed E-state index contributed by atoms with van der Waals surface area (Å²) >= 11 is 0. The first-order valence-electron chi connectivity index (χ1n) is 20.3. The van der Waals surface area contributed by atoms with E-state index in [4.69, 9.17) is 19.2 Å². The number of hydrogen-bond acceptors (Lipinski definition) is 1. The van der Waals surface area contributed by atoms with E-state index in [2.05, 4.69) is 4.98 Å². The monoisotopic (exact) mass is 492 g/mol. The quantitative estimate of drug-likeness (QED) is 0.224. The molecule has 7 rings (SSSR count). The van der Waals surface area contributed by atoms with Crippen LogP contribution in [0.15, 0.2) is 127 Å². The van der Waals surface area contributed by atoms with Crippen LogP contribution in [-0.2, 0) is 6.37 Å². The molecule has 0 spiro atoms. The molecule has 1 heterocycles. The summed E-state index contributed by atoms with van der Waals surface area (Å²) in [5.74, 6) is -0.547. The van der Waals surface area contributed by atoms with Crippen molar-refractivity contribution in [2.24, 2.45) is 0 Å². The predicted octanol–water partition coefficient (Wildman–Crippen LogP) is 9.23. The van der Waals surface area contributed by atoms with Gasteiger partial charge in [-0.05, 0) is 56.4 Å². The number of para-hydroxylation sites is 3. The van der Waals surface area contributed by atoms with E-state index in [0.717, 1.165) is 0 Å².